The zero-order chi connectivity index (χ0) is 25.6. The van der Waals surface area contributed by atoms with Gasteiger partial charge in [-0.2, -0.15) is 0 Å². The molecule has 0 aliphatic heterocycles. The van der Waals surface area contributed by atoms with Crippen molar-refractivity contribution < 1.29 is 18.0 Å². The molecule has 0 saturated carbocycles. The number of carbonyl (C=O) groups is 2. The van der Waals surface area contributed by atoms with Crippen molar-refractivity contribution in [3.05, 3.63) is 64.7 Å². The topological polar surface area (TPSA) is 86.8 Å². The van der Waals surface area contributed by atoms with Gasteiger partial charge in [-0.25, -0.2) is 8.42 Å². The van der Waals surface area contributed by atoms with E-state index in [0.717, 1.165) is 39.2 Å². The Labute approximate surface area is 204 Å². The molecular formula is C26H37N3O4S. The lowest BCUT2D eigenvalue weighted by Crippen LogP contribution is -2.52. The van der Waals surface area contributed by atoms with Crippen molar-refractivity contribution in [1.82, 2.24) is 10.2 Å². The summed E-state index contributed by atoms with van der Waals surface area (Å²) in [4.78, 5) is 28.0. The highest BCUT2D eigenvalue weighted by molar-refractivity contribution is 7.92. The van der Waals surface area contributed by atoms with E-state index in [-0.39, 0.29) is 18.5 Å². The van der Waals surface area contributed by atoms with Gasteiger partial charge < -0.3 is 10.2 Å². The first-order chi connectivity index (χ1) is 15.8. The fraction of sp³-hybridized carbons (Fsp3) is 0.462. The number of amides is 2. The van der Waals surface area contributed by atoms with Gasteiger partial charge in [-0.3, -0.25) is 13.9 Å². The van der Waals surface area contributed by atoms with Crippen molar-refractivity contribution in [2.45, 2.75) is 66.6 Å². The summed E-state index contributed by atoms with van der Waals surface area (Å²) >= 11 is 0. The number of benzene rings is 2. The van der Waals surface area contributed by atoms with Crippen molar-refractivity contribution >= 4 is 27.5 Å². The van der Waals surface area contributed by atoms with Crippen molar-refractivity contribution in [2.75, 3.05) is 17.1 Å². The number of sulfonamides is 1. The van der Waals surface area contributed by atoms with E-state index >= 15 is 0 Å². The van der Waals surface area contributed by atoms with Crippen molar-refractivity contribution in [2.24, 2.45) is 0 Å². The van der Waals surface area contributed by atoms with Crippen molar-refractivity contribution in [1.29, 1.82) is 0 Å². The predicted octanol–water partition coefficient (Wildman–Crippen LogP) is 3.71. The third-order valence-corrected chi connectivity index (χ3v) is 7.12. The number of rotatable bonds is 10. The van der Waals surface area contributed by atoms with Gasteiger partial charge in [-0.1, -0.05) is 55.0 Å². The highest BCUT2D eigenvalue weighted by Crippen LogP contribution is 2.27. The summed E-state index contributed by atoms with van der Waals surface area (Å²) in [6, 6.07) is 12.4. The molecule has 2 atom stereocenters. The number of hydrogen-bond acceptors (Lipinski definition) is 4. The minimum Gasteiger partial charge on any atom is -0.352 e. The van der Waals surface area contributed by atoms with E-state index in [0.29, 0.717) is 5.69 Å². The molecule has 34 heavy (non-hydrogen) atoms. The average Bonchev–Trinajstić information content (AvgIpc) is 2.76. The first kappa shape index (κ1) is 27.4. The lowest BCUT2D eigenvalue weighted by atomic mass is 10.1. The molecule has 8 heteroatoms. The summed E-state index contributed by atoms with van der Waals surface area (Å²) in [5.74, 6) is -0.715. The highest BCUT2D eigenvalue weighted by Gasteiger charge is 2.31. The Morgan fingerprint density at radius 1 is 0.971 bits per heavy atom. The molecule has 0 unspecified atom stereocenters. The summed E-state index contributed by atoms with van der Waals surface area (Å²) < 4.78 is 26.6. The molecule has 7 nitrogen and oxygen atoms in total. The first-order valence-corrected chi connectivity index (χ1v) is 13.4. The van der Waals surface area contributed by atoms with E-state index < -0.39 is 28.5 Å². The summed E-state index contributed by atoms with van der Waals surface area (Å²) in [5.41, 5.74) is 3.95. The zero-order valence-electron chi connectivity index (χ0n) is 21.3. The Balaban J connectivity index is 2.43. The second kappa shape index (κ2) is 11.5. The zero-order valence-corrected chi connectivity index (χ0v) is 22.1. The van der Waals surface area contributed by atoms with Crippen molar-refractivity contribution in [3.8, 4) is 0 Å². The molecule has 0 aliphatic carbocycles. The molecule has 1 N–H and O–H groups in total. The van der Waals surface area contributed by atoms with Gasteiger partial charge in [0, 0.05) is 12.6 Å². The minimum absolute atomic E-state index is 0.0339. The molecule has 0 saturated heterocycles. The molecule has 0 aromatic heterocycles. The van der Waals surface area contributed by atoms with Crippen LogP contribution in [0.5, 0.6) is 0 Å². The van der Waals surface area contributed by atoms with E-state index in [1.165, 1.54) is 4.90 Å². The van der Waals surface area contributed by atoms with E-state index in [9.17, 15) is 18.0 Å². The van der Waals surface area contributed by atoms with Crippen LogP contribution in [0.4, 0.5) is 5.69 Å². The Morgan fingerprint density at radius 2 is 1.53 bits per heavy atom. The fourth-order valence-corrected chi connectivity index (χ4v) is 4.68. The maximum atomic E-state index is 13.6. The van der Waals surface area contributed by atoms with Crippen LogP contribution in [0.15, 0.2) is 42.5 Å². The number of nitrogens with zero attached hydrogens (tertiary/aromatic N) is 2. The summed E-state index contributed by atoms with van der Waals surface area (Å²) in [6.45, 7) is 11.0. The van der Waals surface area contributed by atoms with Gasteiger partial charge in [0.25, 0.3) is 0 Å². The van der Waals surface area contributed by atoms with E-state index in [1.54, 1.807) is 6.92 Å². The Bertz CT molecular complexity index is 1090. The van der Waals surface area contributed by atoms with Gasteiger partial charge in [0.1, 0.15) is 12.6 Å². The standard InChI is InChI=1S/C26H37N3O4S/c1-8-21(5)27-26(31)22(6)28(16-23-14-12-18(2)13-15-23)24(30)17-29(34(7,32)33)25-19(3)10-9-11-20(25)4/h9-15,21-22H,8,16-17H2,1-7H3,(H,27,31)/t21-,22-/m1/s1. The molecule has 2 aromatic rings. The van der Waals surface area contributed by atoms with Crippen LogP contribution in [0.3, 0.4) is 0 Å². The van der Waals surface area contributed by atoms with E-state index in [4.69, 9.17) is 0 Å². The van der Waals surface area contributed by atoms with E-state index in [2.05, 4.69) is 5.32 Å². The first-order valence-electron chi connectivity index (χ1n) is 11.5. The fourth-order valence-electron chi connectivity index (χ4n) is 3.71. The number of aryl methyl sites for hydroxylation is 3. The van der Waals surface area contributed by atoms with Gasteiger partial charge in [-0.05, 0) is 57.7 Å². The van der Waals surface area contributed by atoms with E-state index in [1.807, 2.05) is 77.1 Å². The van der Waals surface area contributed by atoms with Crippen LogP contribution in [-0.4, -0.2) is 50.0 Å². The highest BCUT2D eigenvalue weighted by atomic mass is 32.2. The van der Waals surface area contributed by atoms with Gasteiger partial charge in [-0.15, -0.1) is 0 Å². The van der Waals surface area contributed by atoms with Crippen LogP contribution in [-0.2, 0) is 26.2 Å². The Kier molecular flexibility index (Phi) is 9.27. The molecular weight excluding hydrogens is 450 g/mol. The van der Waals surface area contributed by atoms with Crippen LogP contribution in [0.1, 0.15) is 49.4 Å². The lowest BCUT2D eigenvalue weighted by molar-refractivity contribution is -0.139. The van der Waals surface area contributed by atoms with Gasteiger partial charge in [0.15, 0.2) is 0 Å². The van der Waals surface area contributed by atoms with Crippen LogP contribution in [0.2, 0.25) is 0 Å². The van der Waals surface area contributed by atoms with Crippen LogP contribution >= 0.6 is 0 Å². The molecule has 2 amide bonds. The number of hydrogen-bond donors (Lipinski definition) is 1. The van der Waals surface area contributed by atoms with Gasteiger partial charge >= 0.3 is 0 Å². The maximum Gasteiger partial charge on any atom is 0.244 e. The molecule has 186 valence electrons. The molecule has 0 bridgehead atoms. The summed E-state index contributed by atoms with van der Waals surface area (Å²) in [7, 11) is -3.75. The third kappa shape index (κ3) is 7.06. The second-order valence-corrected chi connectivity index (χ2v) is 10.9. The maximum absolute atomic E-state index is 13.6. The lowest BCUT2D eigenvalue weighted by Gasteiger charge is -2.32. The molecule has 0 heterocycles. The quantitative estimate of drug-likeness (QED) is 0.554. The summed E-state index contributed by atoms with van der Waals surface area (Å²) in [6.07, 6.45) is 1.86. The smallest absolute Gasteiger partial charge is 0.244 e. The molecule has 0 fully saturated rings. The summed E-state index contributed by atoms with van der Waals surface area (Å²) in [5, 5.41) is 2.93. The number of nitrogens with one attached hydrogen (secondary N) is 1. The SMILES string of the molecule is CC[C@@H](C)NC(=O)[C@@H](C)N(Cc1ccc(C)cc1)C(=O)CN(c1c(C)cccc1C)S(C)(=O)=O. The average molecular weight is 488 g/mol. The van der Waals surface area contributed by atoms with Gasteiger partial charge in [0.05, 0.1) is 11.9 Å². The minimum atomic E-state index is -3.75. The predicted molar refractivity (Wildman–Crippen MR) is 137 cm³/mol. The van der Waals surface area contributed by atoms with Crippen LogP contribution < -0.4 is 9.62 Å². The molecule has 0 aliphatic rings. The van der Waals surface area contributed by atoms with Crippen LogP contribution in [0.25, 0.3) is 0 Å². The molecule has 2 rings (SSSR count). The molecule has 0 spiro atoms. The molecule has 0 radical (unpaired) electrons. The largest absolute Gasteiger partial charge is 0.352 e. The van der Waals surface area contributed by atoms with Crippen molar-refractivity contribution in [3.63, 3.8) is 0 Å². The monoisotopic (exact) mass is 487 g/mol. The number of para-hydroxylation sites is 1. The normalized spacial score (nSPS) is 13.1. The Morgan fingerprint density at radius 3 is 2.03 bits per heavy atom. The second-order valence-electron chi connectivity index (χ2n) is 9.01. The van der Waals surface area contributed by atoms with Gasteiger partial charge in [0.2, 0.25) is 21.8 Å². The van der Waals surface area contributed by atoms with Crippen LogP contribution in [0, 0.1) is 20.8 Å². The third-order valence-electron chi connectivity index (χ3n) is 6.01. The number of anilines is 1. The number of carbonyl (C=O) groups excluding carboxylic acids is 2. The Hall–Kier alpha value is -2.87. The molecule has 2 aromatic carbocycles.